The van der Waals surface area contributed by atoms with E-state index >= 15 is 0 Å². The SMILES string of the molecule is Cc1cc(C(=O)O)c(O)c(S(=O)(=O)Nc2cnoc2)c1. The number of carbonyl (C=O) groups is 1. The zero-order valence-corrected chi connectivity index (χ0v) is 11.0. The first-order chi connectivity index (χ1) is 9.31. The number of hydrogen-bond donors (Lipinski definition) is 3. The lowest BCUT2D eigenvalue weighted by molar-refractivity contribution is 0.0693. The molecule has 9 heteroatoms. The molecule has 0 aliphatic heterocycles. The molecular formula is C11H10N2O6S. The first-order valence-corrected chi connectivity index (χ1v) is 6.78. The van der Waals surface area contributed by atoms with Crippen molar-refractivity contribution in [3.05, 3.63) is 35.7 Å². The smallest absolute Gasteiger partial charge is 0.339 e. The van der Waals surface area contributed by atoms with E-state index in [1.54, 1.807) is 0 Å². The van der Waals surface area contributed by atoms with Crippen LogP contribution >= 0.6 is 0 Å². The standard InChI is InChI=1S/C11H10N2O6S/c1-6-2-8(11(15)16)10(14)9(3-6)20(17,18)13-7-4-12-19-5-7/h2-5,13-14H,1H3,(H,15,16). The van der Waals surface area contributed by atoms with Gasteiger partial charge in [-0.15, -0.1) is 0 Å². The summed E-state index contributed by atoms with van der Waals surface area (Å²) >= 11 is 0. The van der Waals surface area contributed by atoms with Crippen LogP contribution in [-0.4, -0.2) is 29.8 Å². The minimum Gasteiger partial charge on any atom is -0.506 e. The van der Waals surface area contributed by atoms with Gasteiger partial charge in [-0.25, -0.2) is 13.2 Å². The number of aromatic hydroxyl groups is 1. The van der Waals surface area contributed by atoms with E-state index in [2.05, 4.69) is 14.4 Å². The van der Waals surface area contributed by atoms with Crippen molar-refractivity contribution in [3.8, 4) is 5.75 Å². The number of hydrogen-bond acceptors (Lipinski definition) is 6. The van der Waals surface area contributed by atoms with E-state index < -0.39 is 32.2 Å². The third-order valence-electron chi connectivity index (χ3n) is 2.42. The molecular weight excluding hydrogens is 288 g/mol. The highest BCUT2D eigenvalue weighted by molar-refractivity contribution is 7.92. The van der Waals surface area contributed by atoms with Crippen LogP contribution in [-0.2, 0) is 10.0 Å². The van der Waals surface area contributed by atoms with E-state index in [1.807, 2.05) is 0 Å². The molecule has 106 valence electrons. The Morgan fingerprint density at radius 1 is 1.40 bits per heavy atom. The Kier molecular flexibility index (Phi) is 3.36. The summed E-state index contributed by atoms with van der Waals surface area (Å²) in [4.78, 5) is 10.4. The van der Waals surface area contributed by atoms with Gasteiger partial charge < -0.3 is 14.7 Å². The van der Waals surface area contributed by atoms with Crippen molar-refractivity contribution in [2.24, 2.45) is 0 Å². The largest absolute Gasteiger partial charge is 0.506 e. The quantitative estimate of drug-likeness (QED) is 0.772. The van der Waals surface area contributed by atoms with Gasteiger partial charge in [0.05, 0.1) is 6.20 Å². The summed E-state index contributed by atoms with van der Waals surface area (Å²) in [6.45, 7) is 1.52. The number of aromatic carboxylic acids is 1. The van der Waals surface area contributed by atoms with Gasteiger partial charge >= 0.3 is 5.97 Å². The van der Waals surface area contributed by atoms with Crippen LogP contribution in [0.2, 0.25) is 0 Å². The van der Waals surface area contributed by atoms with Gasteiger partial charge in [-0.05, 0) is 24.6 Å². The number of rotatable bonds is 4. The molecule has 2 aromatic rings. The summed E-state index contributed by atoms with van der Waals surface area (Å²) in [5, 5.41) is 22.1. The van der Waals surface area contributed by atoms with Crippen LogP contribution in [0.5, 0.6) is 5.75 Å². The molecule has 3 N–H and O–H groups in total. The number of nitrogens with one attached hydrogen (secondary N) is 1. The third kappa shape index (κ3) is 2.57. The highest BCUT2D eigenvalue weighted by Crippen LogP contribution is 2.30. The van der Waals surface area contributed by atoms with Crippen LogP contribution in [0.15, 0.2) is 34.0 Å². The topological polar surface area (TPSA) is 130 Å². The van der Waals surface area contributed by atoms with Crippen molar-refractivity contribution in [3.63, 3.8) is 0 Å². The summed E-state index contributed by atoms with van der Waals surface area (Å²) in [5.74, 6) is -2.25. The molecule has 0 atom stereocenters. The molecule has 0 aliphatic rings. The maximum atomic E-state index is 12.1. The highest BCUT2D eigenvalue weighted by atomic mass is 32.2. The number of sulfonamides is 1. The first kappa shape index (κ1) is 13.9. The molecule has 0 saturated heterocycles. The Labute approximate surface area is 113 Å². The van der Waals surface area contributed by atoms with Gasteiger partial charge in [-0.2, -0.15) is 0 Å². The number of carboxylic acid groups (broad SMARTS) is 1. The summed E-state index contributed by atoms with van der Waals surface area (Å²) < 4.78 is 30.8. The van der Waals surface area contributed by atoms with Crippen LogP contribution in [0.1, 0.15) is 15.9 Å². The lowest BCUT2D eigenvalue weighted by atomic mass is 10.1. The number of aromatic nitrogens is 1. The number of carboxylic acids is 1. The molecule has 0 fully saturated rings. The van der Waals surface area contributed by atoms with Crippen LogP contribution in [0.3, 0.4) is 0 Å². The van der Waals surface area contributed by atoms with Crippen molar-refractivity contribution < 1.29 is 27.9 Å². The summed E-state index contributed by atoms with van der Waals surface area (Å²) in [5.41, 5.74) is -0.0515. The van der Waals surface area contributed by atoms with Crippen molar-refractivity contribution in [1.29, 1.82) is 0 Å². The molecule has 0 bridgehead atoms. The van der Waals surface area contributed by atoms with Crippen LogP contribution in [0.25, 0.3) is 0 Å². The normalized spacial score (nSPS) is 11.2. The number of nitrogens with zero attached hydrogens (tertiary/aromatic N) is 1. The molecule has 0 unspecified atom stereocenters. The van der Waals surface area contributed by atoms with E-state index in [9.17, 15) is 18.3 Å². The molecule has 1 aromatic heterocycles. The second-order valence-corrected chi connectivity index (χ2v) is 5.63. The average Bonchev–Trinajstić information content (AvgIpc) is 2.83. The fourth-order valence-corrected chi connectivity index (χ4v) is 2.81. The number of anilines is 1. The molecule has 1 aromatic carbocycles. The maximum absolute atomic E-state index is 12.1. The predicted molar refractivity (Wildman–Crippen MR) is 67.1 cm³/mol. The summed E-state index contributed by atoms with van der Waals surface area (Å²) in [7, 11) is -4.16. The van der Waals surface area contributed by atoms with Gasteiger partial charge in [0, 0.05) is 0 Å². The van der Waals surface area contributed by atoms with Crippen LogP contribution in [0.4, 0.5) is 5.69 Å². The van der Waals surface area contributed by atoms with Crippen molar-refractivity contribution in [2.75, 3.05) is 4.72 Å². The summed E-state index contributed by atoms with van der Waals surface area (Å²) in [6, 6.07) is 2.34. The average molecular weight is 298 g/mol. The van der Waals surface area contributed by atoms with E-state index in [0.29, 0.717) is 5.56 Å². The van der Waals surface area contributed by atoms with E-state index in [1.165, 1.54) is 13.0 Å². The van der Waals surface area contributed by atoms with E-state index in [-0.39, 0.29) is 5.69 Å². The fourth-order valence-electron chi connectivity index (χ4n) is 1.58. The Balaban J connectivity index is 2.54. The molecule has 1 heterocycles. The predicted octanol–water partition coefficient (Wildman–Crippen LogP) is 1.19. The Morgan fingerprint density at radius 2 is 2.10 bits per heavy atom. The molecule has 2 rings (SSSR count). The Hall–Kier alpha value is -2.55. The Morgan fingerprint density at radius 3 is 2.65 bits per heavy atom. The molecule has 20 heavy (non-hydrogen) atoms. The van der Waals surface area contributed by atoms with Crippen molar-refractivity contribution >= 4 is 21.7 Å². The molecule has 0 spiro atoms. The first-order valence-electron chi connectivity index (χ1n) is 5.30. The van der Waals surface area contributed by atoms with Gasteiger partial charge in [-0.3, -0.25) is 4.72 Å². The van der Waals surface area contributed by atoms with Crippen molar-refractivity contribution in [1.82, 2.24) is 5.16 Å². The number of benzene rings is 1. The van der Waals surface area contributed by atoms with Crippen LogP contribution < -0.4 is 4.72 Å². The fraction of sp³-hybridized carbons (Fsp3) is 0.0909. The minimum absolute atomic E-state index is 0.0581. The molecule has 8 nitrogen and oxygen atoms in total. The van der Waals surface area contributed by atoms with E-state index in [4.69, 9.17) is 5.11 Å². The number of phenols is 1. The van der Waals surface area contributed by atoms with Gasteiger partial charge in [0.2, 0.25) is 0 Å². The minimum atomic E-state index is -4.16. The van der Waals surface area contributed by atoms with E-state index in [0.717, 1.165) is 18.5 Å². The van der Waals surface area contributed by atoms with Gasteiger partial charge in [-0.1, -0.05) is 5.16 Å². The lowest BCUT2D eigenvalue weighted by Gasteiger charge is -2.10. The highest BCUT2D eigenvalue weighted by Gasteiger charge is 2.24. The molecule has 0 aliphatic carbocycles. The second kappa shape index (κ2) is 4.85. The van der Waals surface area contributed by atoms with Gasteiger partial charge in [0.25, 0.3) is 10.0 Å². The zero-order chi connectivity index (χ0) is 14.9. The number of aryl methyl sites for hydroxylation is 1. The van der Waals surface area contributed by atoms with Crippen LogP contribution in [0, 0.1) is 6.92 Å². The third-order valence-corrected chi connectivity index (χ3v) is 3.82. The van der Waals surface area contributed by atoms with Gasteiger partial charge in [0.15, 0.2) is 5.75 Å². The lowest BCUT2D eigenvalue weighted by Crippen LogP contribution is -2.14. The zero-order valence-electron chi connectivity index (χ0n) is 10.2. The van der Waals surface area contributed by atoms with Crippen molar-refractivity contribution in [2.45, 2.75) is 11.8 Å². The molecule has 0 radical (unpaired) electrons. The molecule has 0 amide bonds. The maximum Gasteiger partial charge on any atom is 0.339 e. The Bertz CT molecular complexity index is 751. The molecule has 0 saturated carbocycles. The second-order valence-electron chi connectivity index (χ2n) is 3.98. The summed E-state index contributed by atoms with van der Waals surface area (Å²) in [6.07, 6.45) is 2.19. The monoisotopic (exact) mass is 298 g/mol. The van der Waals surface area contributed by atoms with Gasteiger partial charge in [0.1, 0.15) is 22.4 Å².